The number of aromatic nitrogens is 1. The highest BCUT2D eigenvalue weighted by Gasteiger charge is 2.13. The summed E-state index contributed by atoms with van der Waals surface area (Å²) < 4.78 is 0. The van der Waals surface area contributed by atoms with Gasteiger partial charge in [-0.05, 0) is 31.4 Å². The zero-order chi connectivity index (χ0) is 12.8. The molecule has 0 radical (unpaired) electrons. The number of urea groups is 1. The molecule has 18 heavy (non-hydrogen) atoms. The Hall–Kier alpha value is -2.11. The molecule has 1 aromatic heterocycles. The Kier molecular flexibility index (Phi) is 4.11. The summed E-state index contributed by atoms with van der Waals surface area (Å²) in [6.45, 7) is 1.74. The number of rotatable bonds is 1. The second-order valence-electron chi connectivity index (χ2n) is 4.19. The second-order valence-corrected chi connectivity index (χ2v) is 4.19. The monoisotopic (exact) mass is 247 g/mol. The van der Waals surface area contributed by atoms with Crippen LogP contribution in [0, 0.1) is 0 Å². The first kappa shape index (κ1) is 12.3. The summed E-state index contributed by atoms with van der Waals surface area (Å²) in [5, 5.41) is 2.62. The molecule has 0 unspecified atom stereocenters. The fraction of sp³-hybridized carbons (Fsp3) is 0.417. The number of piperidine rings is 1. The molecule has 3 N–H and O–H groups in total. The Morgan fingerprint density at radius 1 is 1.39 bits per heavy atom. The van der Waals surface area contributed by atoms with E-state index in [2.05, 4.69) is 15.3 Å². The molecule has 0 spiro atoms. The lowest BCUT2D eigenvalue weighted by Crippen LogP contribution is -2.41. The number of pyridine rings is 1. The van der Waals surface area contributed by atoms with Gasteiger partial charge in [0.05, 0.1) is 11.9 Å². The maximum atomic E-state index is 11.6. The Balaban J connectivity index is 1.93. The van der Waals surface area contributed by atoms with Crippen LogP contribution in [0.25, 0.3) is 0 Å². The van der Waals surface area contributed by atoms with Crippen LogP contribution in [0.2, 0.25) is 0 Å². The summed E-state index contributed by atoms with van der Waals surface area (Å²) in [6, 6.07) is 3.02. The third-order valence-electron chi connectivity index (χ3n) is 2.81. The number of guanidine groups is 1. The van der Waals surface area contributed by atoms with E-state index in [9.17, 15) is 4.79 Å². The standard InChI is InChI=1S/C12H17N5O/c13-11(17-7-2-1-3-8-17)16-12(18)15-10-5-4-6-14-9-10/h4-6,9H,1-3,7-8H2,(H3,13,15,16,18). The van der Waals surface area contributed by atoms with Gasteiger partial charge in [-0.15, -0.1) is 0 Å². The van der Waals surface area contributed by atoms with Gasteiger partial charge in [0.2, 0.25) is 5.96 Å². The van der Waals surface area contributed by atoms with Crippen molar-refractivity contribution in [3.8, 4) is 0 Å². The number of nitrogens with zero attached hydrogens (tertiary/aromatic N) is 3. The topological polar surface area (TPSA) is 83.6 Å². The third-order valence-corrected chi connectivity index (χ3v) is 2.81. The summed E-state index contributed by atoms with van der Waals surface area (Å²) >= 11 is 0. The van der Waals surface area contributed by atoms with Crippen molar-refractivity contribution in [3.63, 3.8) is 0 Å². The van der Waals surface area contributed by atoms with Crippen LogP contribution in [0.1, 0.15) is 19.3 Å². The van der Waals surface area contributed by atoms with E-state index in [0.717, 1.165) is 25.9 Å². The molecule has 1 aliphatic rings. The van der Waals surface area contributed by atoms with Crippen LogP contribution in [0.3, 0.4) is 0 Å². The first-order chi connectivity index (χ1) is 8.75. The van der Waals surface area contributed by atoms with Crippen LogP contribution in [-0.4, -0.2) is 35.0 Å². The highest BCUT2D eigenvalue weighted by molar-refractivity contribution is 5.98. The van der Waals surface area contributed by atoms with Crippen molar-refractivity contribution in [2.24, 2.45) is 10.7 Å². The number of nitrogens with two attached hydrogens (primary N) is 1. The molecule has 1 saturated heterocycles. The molecule has 2 amide bonds. The van der Waals surface area contributed by atoms with Crippen molar-refractivity contribution in [2.75, 3.05) is 18.4 Å². The quantitative estimate of drug-likeness (QED) is 0.580. The zero-order valence-corrected chi connectivity index (χ0v) is 10.2. The van der Waals surface area contributed by atoms with Gasteiger partial charge in [0.1, 0.15) is 0 Å². The van der Waals surface area contributed by atoms with Crippen LogP contribution >= 0.6 is 0 Å². The normalized spacial score (nSPS) is 16.4. The lowest BCUT2D eigenvalue weighted by atomic mass is 10.1. The molecule has 1 aromatic rings. The van der Waals surface area contributed by atoms with Crippen LogP contribution in [0.4, 0.5) is 10.5 Å². The molecule has 0 saturated carbocycles. The van der Waals surface area contributed by atoms with Crippen LogP contribution in [0.5, 0.6) is 0 Å². The molecule has 0 atom stereocenters. The Labute approximate surface area is 106 Å². The molecule has 6 heteroatoms. The number of nitrogens with one attached hydrogen (secondary N) is 1. The average Bonchev–Trinajstić information content (AvgIpc) is 2.40. The maximum Gasteiger partial charge on any atom is 0.348 e. The molecular formula is C12H17N5O. The van der Waals surface area contributed by atoms with E-state index in [0.29, 0.717) is 5.69 Å². The van der Waals surface area contributed by atoms with Gasteiger partial charge in [0.25, 0.3) is 0 Å². The lowest BCUT2D eigenvalue weighted by Gasteiger charge is -2.27. The van der Waals surface area contributed by atoms with E-state index in [1.165, 1.54) is 6.42 Å². The maximum absolute atomic E-state index is 11.6. The van der Waals surface area contributed by atoms with Gasteiger partial charge in [0, 0.05) is 19.3 Å². The lowest BCUT2D eigenvalue weighted by molar-refractivity contribution is 0.258. The number of carbonyl (C=O) groups is 1. The van der Waals surface area contributed by atoms with Gasteiger partial charge in [-0.1, -0.05) is 0 Å². The molecule has 2 heterocycles. The van der Waals surface area contributed by atoms with Crippen LogP contribution < -0.4 is 11.1 Å². The fourth-order valence-electron chi connectivity index (χ4n) is 1.89. The molecule has 1 fully saturated rings. The summed E-state index contributed by atoms with van der Waals surface area (Å²) in [4.78, 5) is 21.3. The number of anilines is 1. The predicted octanol–water partition coefficient (Wildman–Crippen LogP) is 1.41. The van der Waals surface area contributed by atoms with Crippen LogP contribution in [-0.2, 0) is 0 Å². The number of likely N-dealkylation sites (tertiary alicyclic amines) is 1. The van der Waals surface area contributed by atoms with E-state index in [1.54, 1.807) is 24.5 Å². The molecule has 0 bridgehead atoms. The summed E-state index contributed by atoms with van der Waals surface area (Å²) in [6.07, 6.45) is 6.61. The van der Waals surface area contributed by atoms with E-state index in [4.69, 9.17) is 5.73 Å². The molecule has 0 aliphatic carbocycles. The zero-order valence-electron chi connectivity index (χ0n) is 10.2. The molecule has 6 nitrogen and oxygen atoms in total. The molecule has 0 aromatic carbocycles. The SMILES string of the molecule is NC(=NC(=O)Nc1cccnc1)N1CCCCC1. The predicted molar refractivity (Wildman–Crippen MR) is 70.3 cm³/mol. The number of carbonyl (C=O) groups excluding carboxylic acids is 1. The molecular weight excluding hydrogens is 230 g/mol. The van der Waals surface area contributed by atoms with E-state index >= 15 is 0 Å². The third kappa shape index (κ3) is 3.44. The minimum atomic E-state index is -0.467. The van der Waals surface area contributed by atoms with Crippen molar-refractivity contribution in [1.82, 2.24) is 9.88 Å². The highest BCUT2D eigenvalue weighted by atomic mass is 16.2. The molecule has 2 rings (SSSR count). The minimum absolute atomic E-state index is 0.288. The second kappa shape index (κ2) is 6.00. The van der Waals surface area contributed by atoms with Crippen molar-refractivity contribution in [1.29, 1.82) is 0 Å². The van der Waals surface area contributed by atoms with Gasteiger partial charge in [0.15, 0.2) is 0 Å². The summed E-state index contributed by atoms with van der Waals surface area (Å²) in [5.74, 6) is 0.288. The van der Waals surface area contributed by atoms with E-state index in [1.807, 2.05) is 4.90 Å². The number of aliphatic imine (C=N–C) groups is 1. The average molecular weight is 247 g/mol. The van der Waals surface area contributed by atoms with Gasteiger partial charge in [-0.2, -0.15) is 4.99 Å². The Bertz CT molecular complexity index is 425. The van der Waals surface area contributed by atoms with E-state index < -0.39 is 6.03 Å². The van der Waals surface area contributed by atoms with Crippen molar-refractivity contribution in [3.05, 3.63) is 24.5 Å². The van der Waals surface area contributed by atoms with Gasteiger partial charge in [-0.25, -0.2) is 4.79 Å². The Morgan fingerprint density at radius 3 is 2.83 bits per heavy atom. The van der Waals surface area contributed by atoms with Gasteiger partial charge >= 0.3 is 6.03 Å². The fourth-order valence-corrected chi connectivity index (χ4v) is 1.89. The number of hydrogen-bond acceptors (Lipinski definition) is 2. The number of amides is 2. The van der Waals surface area contributed by atoms with Gasteiger partial charge < -0.3 is 16.0 Å². The molecule has 96 valence electrons. The first-order valence-corrected chi connectivity index (χ1v) is 6.06. The largest absolute Gasteiger partial charge is 0.369 e. The smallest absolute Gasteiger partial charge is 0.348 e. The van der Waals surface area contributed by atoms with Crippen molar-refractivity contribution < 1.29 is 4.79 Å². The number of hydrogen-bond donors (Lipinski definition) is 2. The minimum Gasteiger partial charge on any atom is -0.369 e. The summed E-state index contributed by atoms with van der Waals surface area (Å²) in [5.41, 5.74) is 6.41. The van der Waals surface area contributed by atoms with Crippen LogP contribution in [0.15, 0.2) is 29.5 Å². The van der Waals surface area contributed by atoms with E-state index in [-0.39, 0.29) is 5.96 Å². The molecule has 1 aliphatic heterocycles. The van der Waals surface area contributed by atoms with Crippen molar-refractivity contribution in [2.45, 2.75) is 19.3 Å². The summed E-state index contributed by atoms with van der Waals surface area (Å²) in [7, 11) is 0. The first-order valence-electron chi connectivity index (χ1n) is 6.06. The highest BCUT2D eigenvalue weighted by Crippen LogP contribution is 2.08. The Morgan fingerprint density at radius 2 is 2.17 bits per heavy atom. The van der Waals surface area contributed by atoms with Crippen molar-refractivity contribution >= 4 is 17.7 Å². The van der Waals surface area contributed by atoms with Gasteiger partial charge in [-0.3, -0.25) is 4.98 Å².